The van der Waals surface area contributed by atoms with Crippen molar-refractivity contribution in [3.05, 3.63) is 45.8 Å². The lowest BCUT2D eigenvalue weighted by molar-refractivity contribution is -0.141. The molecular formula is C16H18O4. The summed E-state index contributed by atoms with van der Waals surface area (Å²) >= 11 is 0. The van der Waals surface area contributed by atoms with Crippen molar-refractivity contribution in [1.82, 2.24) is 0 Å². The number of rotatable bonds is 3. The number of carbonyl (C=O) groups excluding carboxylic acids is 1. The van der Waals surface area contributed by atoms with Gasteiger partial charge in [-0.05, 0) is 24.6 Å². The van der Waals surface area contributed by atoms with Gasteiger partial charge in [0.15, 0.2) is 5.43 Å². The molecule has 0 spiro atoms. The molecule has 0 bridgehead atoms. The van der Waals surface area contributed by atoms with Crippen LogP contribution in [0.25, 0.3) is 11.0 Å². The number of hydrogen-bond acceptors (Lipinski definition) is 4. The molecule has 0 saturated carbocycles. The topological polar surface area (TPSA) is 56.5 Å². The Balaban J connectivity index is 2.56. The van der Waals surface area contributed by atoms with E-state index in [1.165, 1.54) is 13.2 Å². The summed E-state index contributed by atoms with van der Waals surface area (Å²) in [5, 5.41) is 0.489. The fourth-order valence-electron chi connectivity index (χ4n) is 2.06. The van der Waals surface area contributed by atoms with Crippen LogP contribution in [0.3, 0.4) is 0 Å². The van der Waals surface area contributed by atoms with Crippen LogP contribution in [0.4, 0.5) is 0 Å². The monoisotopic (exact) mass is 274 g/mol. The predicted octanol–water partition coefficient (Wildman–Crippen LogP) is 3.19. The van der Waals surface area contributed by atoms with Gasteiger partial charge in [0.25, 0.3) is 0 Å². The first-order valence-electron chi connectivity index (χ1n) is 6.59. The van der Waals surface area contributed by atoms with Crippen molar-refractivity contribution < 1.29 is 13.9 Å². The molecular weight excluding hydrogens is 256 g/mol. The van der Waals surface area contributed by atoms with Crippen LogP contribution in [0.1, 0.15) is 43.9 Å². The summed E-state index contributed by atoms with van der Waals surface area (Å²) in [7, 11) is 1.35. The Morgan fingerprint density at radius 2 is 1.90 bits per heavy atom. The third kappa shape index (κ3) is 2.59. The normalized spacial score (nSPS) is 12.7. The Hall–Kier alpha value is -2.10. The molecule has 1 unspecified atom stereocenters. The number of hydrogen-bond donors (Lipinski definition) is 0. The minimum Gasteiger partial charge on any atom is -0.469 e. The zero-order valence-electron chi connectivity index (χ0n) is 12.1. The average Bonchev–Trinajstić information content (AvgIpc) is 2.45. The molecule has 2 rings (SSSR count). The van der Waals surface area contributed by atoms with Gasteiger partial charge in [-0.25, -0.2) is 0 Å². The Morgan fingerprint density at radius 1 is 1.20 bits per heavy atom. The maximum Gasteiger partial charge on any atom is 0.312 e. The van der Waals surface area contributed by atoms with E-state index in [2.05, 4.69) is 0 Å². The summed E-state index contributed by atoms with van der Waals surface area (Å²) in [4.78, 5) is 23.7. The lowest BCUT2D eigenvalue weighted by atomic mass is 9.99. The van der Waals surface area contributed by atoms with Crippen LogP contribution in [0.2, 0.25) is 0 Å². The van der Waals surface area contributed by atoms with Gasteiger partial charge in [0.05, 0.1) is 18.4 Å². The van der Waals surface area contributed by atoms with Gasteiger partial charge in [-0.15, -0.1) is 0 Å². The Labute approximate surface area is 117 Å². The van der Waals surface area contributed by atoms with Crippen molar-refractivity contribution in [2.45, 2.75) is 32.6 Å². The van der Waals surface area contributed by atoms with Gasteiger partial charge in [-0.2, -0.15) is 0 Å². The van der Waals surface area contributed by atoms with Crippen molar-refractivity contribution in [2.75, 3.05) is 7.11 Å². The zero-order chi connectivity index (χ0) is 14.9. The maximum atomic E-state index is 12.1. The zero-order valence-corrected chi connectivity index (χ0v) is 12.1. The van der Waals surface area contributed by atoms with E-state index in [1.807, 2.05) is 13.8 Å². The summed E-state index contributed by atoms with van der Waals surface area (Å²) in [5.74, 6) is 0.0816. The van der Waals surface area contributed by atoms with E-state index in [1.54, 1.807) is 25.1 Å². The molecule has 0 N–H and O–H groups in total. The molecule has 4 heteroatoms. The Bertz CT molecular complexity index is 697. The molecule has 1 aromatic heterocycles. The first-order chi connectivity index (χ1) is 9.43. The molecule has 1 atom stereocenters. The highest BCUT2D eigenvalue weighted by Gasteiger charge is 2.17. The molecule has 0 aliphatic carbocycles. The molecule has 20 heavy (non-hydrogen) atoms. The van der Waals surface area contributed by atoms with E-state index in [9.17, 15) is 9.59 Å². The maximum absolute atomic E-state index is 12.1. The Morgan fingerprint density at radius 3 is 2.50 bits per heavy atom. The molecule has 0 aliphatic rings. The van der Waals surface area contributed by atoms with Gasteiger partial charge in [0, 0.05) is 12.0 Å². The van der Waals surface area contributed by atoms with Crippen LogP contribution in [-0.4, -0.2) is 13.1 Å². The molecule has 4 nitrogen and oxygen atoms in total. The number of benzene rings is 1. The van der Waals surface area contributed by atoms with Gasteiger partial charge in [-0.1, -0.05) is 19.9 Å². The number of carbonyl (C=O) groups is 1. The van der Waals surface area contributed by atoms with E-state index >= 15 is 0 Å². The largest absolute Gasteiger partial charge is 0.469 e. The van der Waals surface area contributed by atoms with Crippen molar-refractivity contribution in [2.24, 2.45) is 0 Å². The van der Waals surface area contributed by atoms with Crippen LogP contribution in [0.5, 0.6) is 0 Å². The second kappa shape index (κ2) is 5.49. The minimum absolute atomic E-state index is 0.0890. The molecule has 1 aromatic carbocycles. The van der Waals surface area contributed by atoms with E-state index in [0.29, 0.717) is 16.7 Å². The molecule has 2 aromatic rings. The summed E-state index contributed by atoms with van der Waals surface area (Å²) in [5.41, 5.74) is 1.20. The van der Waals surface area contributed by atoms with Crippen molar-refractivity contribution >= 4 is 16.9 Å². The van der Waals surface area contributed by atoms with Crippen molar-refractivity contribution in [1.29, 1.82) is 0 Å². The number of fused-ring (bicyclic) bond motifs is 1. The fraction of sp³-hybridized carbons (Fsp3) is 0.375. The standard InChI is InChI=1S/C16H18O4/c1-9(2)15-8-13(17)12-7-11(5-6-14(12)20-15)10(3)16(18)19-4/h5-10H,1-4H3. The van der Waals surface area contributed by atoms with Crippen molar-refractivity contribution in [3.8, 4) is 0 Å². The molecule has 0 saturated heterocycles. The quantitative estimate of drug-likeness (QED) is 0.806. The molecule has 0 radical (unpaired) electrons. The SMILES string of the molecule is COC(=O)C(C)c1ccc2oc(C(C)C)cc(=O)c2c1. The first-order valence-corrected chi connectivity index (χ1v) is 6.59. The van der Waals surface area contributed by atoms with E-state index < -0.39 is 5.92 Å². The third-order valence-electron chi connectivity index (χ3n) is 3.39. The van der Waals surface area contributed by atoms with Crippen molar-refractivity contribution in [3.63, 3.8) is 0 Å². The lowest BCUT2D eigenvalue weighted by Crippen LogP contribution is -2.11. The number of ether oxygens (including phenoxy) is 1. The lowest BCUT2D eigenvalue weighted by Gasteiger charge is -2.11. The molecule has 0 amide bonds. The molecule has 0 fully saturated rings. The van der Waals surface area contributed by atoms with Crippen LogP contribution in [0, 0.1) is 0 Å². The second-order valence-corrected chi connectivity index (χ2v) is 5.17. The fourth-order valence-corrected chi connectivity index (χ4v) is 2.06. The highest BCUT2D eigenvalue weighted by molar-refractivity contribution is 5.82. The molecule has 0 aliphatic heterocycles. The smallest absolute Gasteiger partial charge is 0.312 e. The van der Waals surface area contributed by atoms with Gasteiger partial charge in [-0.3, -0.25) is 9.59 Å². The van der Waals surface area contributed by atoms with Gasteiger partial charge in [0.2, 0.25) is 0 Å². The van der Waals surface area contributed by atoms with Gasteiger partial charge >= 0.3 is 5.97 Å². The van der Waals surface area contributed by atoms with Gasteiger partial charge in [0.1, 0.15) is 11.3 Å². The van der Waals surface area contributed by atoms with E-state index in [-0.39, 0.29) is 17.3 Å². The summed E-state index contributed by atoms with van der Waals surface area (Å²) in [6.45, 7) is 5.69. The minimum atomic E-state index is -0.409. The highest BCUT2D eigenvalue weighted by Crippen LogP contribution is 2.23. The Kier molecular flexibility index (Phi) is 3.93. The summed E-state index contributed by atoms with van der Waals surface area (Å²) < 4.78 is 10.4. The highest BCUT2D eigenvalue weighted by atomic mass is 16.5. The summed E-state index contributed by atoms with van der Waals surface area (Å²) in [6, 6.07) is 6.74. The van der Waals surface area contributed by atoms with E-state index in [0.717, 1.165) is 5.56 Å². The van der Waals surface area contributed by atoms with Gasteiger partial charge < -0.3 is 9.15 Å². The average molecular weight is 274 g/mol. The molecule has 1 heterocycles. The second-order valence-electron chi connectivity index (χ2n) is 5.17. The summed E-state index contributed by atoms with van der Waals surface area (Å²) in [6.07, 6.45) is 0. The molecule has 106 valence electrons. The first kappa shape index (κ1) is 14.3. The van der Waals surface area contributed by atoms with Crippen LogP contribution in [0.15, 0.2) is 33.5 Å². The number of esters is 1. The van der Waals surface area contributed by atoms with Crippen LogP contribution < -0.4 is 5.43 Å². The van der Waals surface area contributed by atoms with Crippen LogP contribution >= 0.6 is 0 Å². The van der Waals surface area contributed by atoms with E-state index in [4.69, 9.17) is 9.15 Å². The number of methoxy groups -OCH3 is 1. The third-order valence-corrected chi connectivity index (χ3v) is 3.39. The predicted molar refractivity (Wildman–Crippen MR) is 77.0 cm³/mol. The van der Waals surface area contributed by atoms with Crippen LogP contribution in [-0.2, 0) is 9.53 Å².